The lowest BCUT2D eigenvalue weighted by atomic mass is 9.92. The standard InChI is InChI=1S/C14H21FN2O/c1-14(2,3)13-5-4-10(8-17-13)18-12-6-7-16-9-11(12)15/h4-5,8,11-12,16H,6-7,9H2,1-3H3/t11-,12+/m0/s1. The second kappa shape index (κ2) is 5.22. The molecular weight excluding hydrogens is 231 g/mol. The van der Waals surface area contributed by atoms with Crippen molar-refractivity contribution in [2.45, 2.75) is 44.9 Å². The quantitative estimate of drug-likeness (QED) is 0.878. The molecule has 1 saturated heterocycles. The molecule has 0 aromatic carbocycles. The molecule has 0 spiro atoms. The molecule has 2 rings (SSSR count). The summed E-state index contributed by atoms with van der Waals surface area (Å²) in [5.41, 5.74) is 1.03. The van der Waals surface area contributed by atoms with Gasteiger partial charge < -0.3 is 10.1 Å². The number of nitrogens with zero attached hydrogens (tertiary/aromatic N) is 1. The number of hydrogen-bond acceptors (Lipinski definition) is 3. The first-order valence-electron chi connectivity index (χ1n) is 6.45. The molecule has 18 heavy (non-hydrogen) atoms. The highest BCUT2D eigenvalue weighted by molar-refractivity contribution is 5.23. The molecule has 0 amide bonds. The normalized spacial score (nSPS) is 24.9. The maximum absolute atomic E-state index is 13.6. The van der Waals surface area contributed by atoms with Crippen LogP contribution in [0.15, 0.2) is 18.3 Å². The summed E-state index contributed by atoms with van der Waals surface area (Å²) in [6.45, 7) is 7.51. The molecular formula is C14H21FN2O. The molecule has 1 aromatic rings. The molecule has 4 heteroatoms. The maximum Gasteiger partial charge on any atom is 0.149 e. The van der Waals surface area contributed by atoms with Crippen LogP contribution in [0.4, 0.5) is 4.39 Å². The molecule has 1 aromatic heterocycles. The minimum absolute atomic E-state index is 0.0237. The number of nitrogens with one attached hydrogen (secondary N) is 1. The van der Waals surface area contributed by atoms with Gasteiger partial charge in [0, 0.05) is 17.7 Å². The maximum atomic E-state index is 13.6. The van der Waals surface area contributed by atoms with E-state index in [4.69, 9.17) is 4.74 Å². The third-order valence-electron chi connectivity index (χ3n) is 3.14. The lowest BCUT2D eigenvalue weighted by Gasteiger charge is -2.27. The van der Waals surface area contributed by atoms with Gasteiger partial charge in [0.05, 0.1) is 6.20 Å². The first-order valence-corrected chi connectivity index (χ1v) is 6.45. The Bertz CT molecular complexity index is 386. The number of ether oxygens (including phenoxy) is 1. The molecule has 2 heterocycles. The Kier molecular flexibility index (Phi) is 3.85. The monoisotopic (exact) mass is 252 g/mol. The minimum Gasteiger partial charge on any atom is -0.486 e. The zero-order valence-corrected chi connectivity index (χ0v) is 11.2. The molecule has 1 N–H and O–H groups in total. The summed E-state index contributed by atoms with van der Waals surface area (Å²) < 4.78 is 19.3. The van der Waals surface area contributed by atoms with Crippen LogP contribution in [0.3, 0.4) is 0 Å². The van der Waals surface area contributed by atoms with E-state index < -0.39 is 6.17 Å². The largest absolute Gasteiger partial charge is 0.486 e. The van der Waals surface area contributed by atoms with Crippen LogP contribution in [-0.2, 0) is 5.41 Å². The fourth-order valence-corrected chi connectivity index (χ4v) is 2.00. The molecule has 2 atom stereocenters. The average molecular weight is 252 g/mol. The van der Waals surface area contributed by atoms with Gasteiger partial charge in [-0.3, -0.25) is 4.98 Å². The first kappa shape index (κ1) is 13.3. The smallest absolute Gasteiger partial charge is 0.149 e. The van der Waals surface area contributed by atoms with Crippen LogP contribution in [0.25, 0.3) is 0 Å². The van der Waals surface area contributed by atoms with E-state index in [1.54, 1.807) is 6.20 Å². The number of alkyl halides is 1. The topological polar surface area (TPSA) is 34.1 Å². The van der Waals surface area contributed by atoms with Gasteiger partial charge in [0.1, 0.15) is 18.0 Å². The van der Waals surface area contributed by atoms with Crippen LogP contribution in [0.1, 0.15) is 32.9 Å². The van der Waals surface area contributed by atoms with E-state index in [1.165, 1.54) is 0 Å². The van der Waals surface area contributed by atoms with Crippen molar-refractivity contribution in [3.63, 3.8) is 0 Å². The fraction of sp³-hybridized carbons (Fsp3) is 0.643. The highest BCUT2D eigenvalue weighted by Gasteiger charge is 2.26. The molecule has 0 aliphatic carbocycles. The number of aromatic nitrogens is 1. The fourth-order valence-electron chi connectivity index (χ4n) is 2.00. The Morgan fingerprint density at radius 2 is 2.17 bits per heavy atom. The summed E-state index contributed by atoms with van der Waals surface area (Å²) in [7, 11) is 0. The zero-order valence-electron chi connectivity index (χ0n) is 11.2. The Morgan fingerprint density at radius 1 is 1.39 bits per heavy atom. The summed E-state index contributed by atoms with van der Waals surface area (Å²) in [4.78, 5) is 4.38. The minimum atomic E-state index is -0.943. The van der Waals surface area contributed by atoms with Crippen molar-refractivity contribution in [1.82, 2.24) is 10.3 Å². The van der Waals surface area contributed by atoms with Crippen LogP contribution >= 0.6 is 0 Å². The van der Waals surface area contributed by atoms with Crippen molar-refractivity contribution in [3.05, 3.63) is 24.0 Å². The first-order chi connectivity index (χ1) is 8.47. The van der Waals surface area contributed by atoms with Gasteiger partial charge in [-0.25, -0.2) is 4.39 Å². The lowest BCUT2D eigenvalue weighted by molar-refractivity contribution is 0.0728. The van der Waals surface area contributed by atoms with Gasteiger partial charge >= 0.3 is 0 Å². The molecule has 0 saturated carbocycles. The number of pyridine rings is 1. The summed E-state index contributed by atoms with van der Waals surface area (Å²) in [5, 5.41) is 3.01. The molecule has 1 fully saturated rings. The summed E-state index contributed by atoms with van der Waals surface area (Å²) in [6.07, 6.45) is 1.09. The number of halogens is 1. The Labute approximate surface area is 108 Å². The van der Waals surface area contributed by atoms with E-state index in [2.05, 4.69) is 31.1 Å². The summed E-state index contributed by atoms with van der Waals surface area (Å²) >= 11 is 0. The van der Waals surface area contributed by atoms with E-state index in [0.717, 1.165) is 12.2 Å². The van der Waals surface area contributed by atoms with E-state index >= 15 is 0 Å². The van der Waals surface area contributed by atoms with Crippen LogP contribution < -0.4 is 10.1 Å². The molecule has 100 valence electrons. The summed E-state index contributed by atoms with van der Waals surface area (Å²) in [6, 6.07) is 3.83. The highest BCUT2D eigenvalue weighted by atomic mass is 19.1. The Morgan fingerprint density at radius 3 is 2.72 bits per heavy atom. The molecule has 0 bridgehead atoms. The van der Waals surface area contributed by atoms with Crippen molar-refractivity contribution < 1.29 is 9.13 Å². The van der Waals surface area contributed by atoms with Crippen LogP contribution in [-0.4, -0.2) is 30.3 Å². The van der Waals surface area contributed by atoms with Gasteiger partial charge in [-0.1, -0.05) is 20.8 Å². The number of hydrogen-bond donors (Lipinski definition) is 1. The van der Waals surface area contributed by atoms with Gasteiger partial charge in [-0.05, 0) is 25.1 Å². The van der Waals surface area contributed by atoms with Crippen molar-refractivity contribution in [3.8, 4) is 5.75 Å². The summed E-state index contributed by atoms with van der Waals surface area (Å²) in [5.74, 6) is 0.651. The van der Waals surface area contributed by atoms with E-state index in [9.17, 15) is 4.39 Å². The molecule has 0 radical (unpaired) electrons. The van der Waals surface area contributed by atoms with Crippen molar-refractivity contribution in [1.29, 1.82) is 0 Å². The zero-order chi connectivity index (χ0) is 13.2. The van der Waals surface area contributed by atoms with Crippen molar-refractivity contribution in [2.24, 2.45) is 0 Å². The predicted molar refractivity (Wildman–Crippen MR) is 69.7 cm³/mol. The van der Waals surface area contributed by atoms with Gasteiger partial charge in [-0.2, -0.15) is 0 Å². The second-order valence-electron chi connectivity index (χ2n) is 5.79. The van der Waals surface area contributed by atoms with E-state index in [1.807, 2.05) is 12.1 Å². The SMILES string of the molecule is CC(C)(C)c1ccc(O[C@@H]2CCNC[C@@H]2F)cn1. The van der Waals surface area contributed by atoms with E-state index in [-0.39, 0.29) is 11.5 Å². The molecule has 1 aliphatic rings. The third-order valence-corrected chi connectivity index (χ3v) is 3.14. The van der Waals surface area contributed by atoms with E-state index in [0.29, 0.717) is 18.7 Å². The lowest BCUT2D eigenvalue weighted by Crippen LogP contribution is -2.44. The van der Waals surface area contributed by atoms with Crippen LogP contribution in [0.2, 0.25) is 0 Å². The predicted octanol–water partition coefficient (Wildman–Crippen LogP) is 2.46. The third kappa shape index (κ3) is 3.19. The van der Waals surface area contributed by atoms with Crippen LogP contribution in [0.5, 0.6) is 5.75 Å². The van der Waals surface area contributed by atoms with Crippen LogP contribution in [0, 0.1) is 0 Å². The van der Waals surface area contributed by atoms with Crippen molar-refractivity contribution in [2.75, 3.05) is 13.1 Å². The Balaban J connectivity index is 2.02. The van der Waals surface area contributed by atoms with Gasteiger partial charge in [-0.15, -0.1) is 0 Å². The number of rotatable bonds is 2. The molecule has 0 unspecified atom stereocenters. The van der Waals surface area contributed by atoms with Gasteiger partial charge in [0.2, 0.25) is 0 Å². The highest BCUT2D eigenvalue weighted by Crippen LogP contribution is 2.23. The Hall–Kier alpha value is -1.16. The van der Waals surface area contributed by atoms with Gasteiger partial charge in [0.25, 0.3) is 0 Å². The van der Waals surface area contributed by atoms with Crippen molar-refractivity contribution >= 4 is 0 Å². The average Bonchev–Trinajstić information content (AvgIpc) is 2.32. The number of piperidine rings is 1. The second-order valence-corrected chi connectivity index (χ2v) is 5.79. The molecule has 3 nitrogen and oxygen atoms in total. The van der Waals surface area contributed by atoms with Gasteiger partial charge in [0.15, 0.2) is 0 Å². The molecule has 1 aliphatic heterocycles.